The molecule has 0 aromatic heterocycles. The predicted octanol–water partition coefficient (Wildman–Crippen LogP) is 9.10. The number of para-hydroxylation sites is 2. The third-order valence-electron chi connectivity index (χ3n) is 7.26. The number of hydrogen-bond acceptors (Lipinski definition) is 4. The molecular weight excluding hydrogens is 628 g/mol. The summed E-state index contributed by atoms with van der Waals surface area (Å²) in [7, 11) is 0. The molecule has 2 heterocycles. The first-order chi connectivity index (χ1) is 19.5. The van der Waals surface area contributed by atoms with E-state index in [0.717, 1.165) is 48.1 Å². The molecule has 0 radical (unpaired) electrons. The minimum Gasteiger partial charge on any atom is -0.376 e. The Hall–Kier alpha value is -2.64. The highest BCUT2D eigenvalue weighted by Gasteiger charge is 2.20. The molecule has 2 aliphatic heterocycles. The standard InChI is InChI=1S/2C17H18BrNO/c1-13-11-14-12-15(18)7-8-17(14)19(9-10-20-13)16-5-3-2-4-6-16;1-13-11-14-7-8-15(18)12-17(14)19(9-10-20-13)16-5-3-2-4-6-16/h2*2-8,12-13H,9-11H2,1H3. The summed E-state index contributed by atoms with van der Waals surface area (Å²) in [5.74, 6) is 0. The second kappa shape index (κ2) is 13.8. The summed E-state index contributed by atoms with van der Waals surface area (Å²) in [5, 5.41) is 0. The first kappa shape index (κ1) is 28.9. The molecular formula is C34H36Br2N2O2. The highest BCUT2D eigenvalue weighted by Crippen LogP contribution is 2.34. The van der Waals surface area contributed by atoms with Gasteiger partial charge in [0.1, 0.15) is 0 Å². The van der Waals surface area contributed by atoms with E-state index in [4.69, 9.17) is 9.47 Å². The Morgan fingerprint density at radius 3 is 1.68 bits per heavy atom. The van der Waals surface area contributed by atoms with E-state index in [-0.39, 0.29) is 12.2 Å². The van der Waals surface area contributed by atoms with Crippen molar-refractivity contribution in [2.75, 3.05) is 36.1 Å². The molecule has 0 saturated heterocycles. The Morgan fingerprint density at radius 1 is 0.575 bits per heavy atom. The van der Waals surface area contributed by atoms with E-state index >= 15 is 0 Å². The molecule has 4 nitrogen and oxygen atoms in total. The van der Waals surface area contributed by atoms with Crippen LogP contribution in [-0.2, 0) is 22.3 Å². The normalized spacial score (nSPS) is 19.1. The predicted molar refractivity (Wildman–Crippen MR) is 173 cm³/mol. The Kier molecular flexibility index (Phi) is 9.97. The number of rotatable bonds is 2. The second-order valence-corrected chi connectivity index (χ2v) is 12.1. The summed E-state index contributed by atoms with van der Waals surface area (Å²) in [6, 6.07) is 34.0. The van der Waals surface area contributed by atoms with Crippen LogP contribution in [0.4, 0.5) is 22.7 Å². The largest absolute Gasteiger partial charge is 0.376 e. The molecule has 0 N–H and O–H groups in total. The van der Waals surface area contributed by atoms with Crippen LogP contribution in [0.25, 0.3) is 0 Å². The van der Waals surface area contributed by atoms with Crippen molar-refractivity contribution in [3.8, 4) is 0 Å². The Morgan fingerprint density at radius 2 is 1.07 bits per heavy atom. The lowest BCUT2D eigenvalue weighted by molar-refractivity contribution is 0.0701. The fourth-order valence-corrected chi connectivity index (χ4v) is 6.12. The van der Waals surface area contributed by atoms with Gasteiger partial charge < -0.3 is 19.3 Å². The van der Waals surface area contributed by atoms with Gasteiger partial charge in [-0.05, 0) is 79.6 Å². The first-order valence-electron chi connectivity index (χ1n) is 13.9. The zero-order valence-electron chi connectivity index (χ0n) is 23.1. The summed E-state index contributed by atoms with van der Waals surface area (Å²) in [5.41, 5.74) is 7.66. The van der Waals surface area contributed by atoms with E-state index in [9.17, 15) is 0 Å². The monoisotopic (exact) mass is 662 g/mol. The van der Waals surface area contributed by atoms with Crippen molar-refractivity contribution in [2.24, 2.45) is 0 Å². The fraction of sp³-hybridized carbons (Fsp3) is 0.294. The molecule has 2 unspecified atom stereocenters. The van der Waals surface area contributed by atoms with Gasteiger partial charge >= 0.3 is 0 Å². The highest BCUT2D eigenvalue weighted by atomic mass is 79.9. The molecule has 4 aromatic rings. The number of hydrogen-bond donors (Lipinski definition) is 0. The fourth-order valence-electron chi connectivity index (χ4n) is 5.36. The molecule has 208 valence electrons. The first-order valence-corrected chi connectivity index (χ1v) is 15.5. The molecule has 4 aromatic carbocycles. The smallest absolute Gasteiger partial charge is 0.0649 e. The zero-order chi connectivity index (χ0) is 27.9. The van der Waals surface area contributed by atoms with Crippen LogP contribution in [0.1, 0.15) is 25.0 Å². The number of ether oxygens (including phenoxy) is 2. The molecule has 0 saturated carbocycles. The van der Waals surface area contributed by atoms with Crippen LogP contribution >= 0.6 is 31.9 Å². The van der Waals surface area contributed by atoms with E-state index in [2.05, 4.69) is 147 Å². The van der Waals surface area contributed by atoms with Crippen molar-refractivity contribution in [3.05, 3.63) is 117 Å². The van der Waals surface area contributed by atoms with E-state index < -0.39 is 0 Å². The van der Waals surface area contributed by atoms with Gasteiger partial charge in [-0.2, -0.15) is 0 Å². The van der Waals surface area contributed by atoms with Gasteiger partial charge in [0.05, 0.1) is 25.4 Å². The lowest BCUT2D eigenvalue weighted by Crippen LogP contribution is -2.29. The van der Waals surface area contributed by atoms with Gasteiger partial charge in [-0.15, -0.1) is 0 Å². The molecule has 6 heteroatoms. The molecule has 6 rings (SSSR count). The van der Waals surface area contributed by atoms with Crippen LogP contribution < -0.4 is 9.80 Å². The van der Waals surface area contributed by atoms with Crippen molar-refractivity contribution in [1.29, 1.82) is 0 Å². The number of anilines is 4. The van der Waals surface area contributed by atoms with Crippen molar-refractivity contribution in [2.45, 2.75) is 38.9 Å². The highest BCUT2D eigenvalue weighted by molar-refractivity contribution is 9.10. The van der Waals surface area contributed by atoms with Crippen LogP contribution in [0.3, 0.4) is 0 Å². The summed E-state index contributed by atoms with van der Waals surface area (Å²) in [6.07, 6.45) is 2.43. The van der Waals surface area contributed by atoms with Gasteiger partial charge in [0.15, 0.2) is 0 Å². The molecule has 0 bridgehead atoms. The summed E-state index contributed by atoms with van der Waals surface area (Å²) in [4.78, 5) is 4.68. The maximum Gasteiger partial charge on any atom is 0.0649 e. The maximum absolute atomic E-state index is 5.87. The Labute approximate surface area is 255 Å². The van der Waals surface area contributed by atoms with Crippen molar-refractivity contribution >= 4 is 54.6 Å². The van der Waals surface area contributed by atoms with Crippen LogP contribution in [-0.4, -0.2) is 38.5 Å². The molecule has 2 aliphatic rings. The van der Waals surface area contributed by atoms with Crippen LogP contribution in [0.5, 0.6) is 0 Å². The van der Waals surface area contributed by atoms with Gasteiger partial charge in [-0.25, -0.2) is 0 Å². The molecule has 2 atom stereocenters. The average molecular weight is 664 g/mol. The second-order valence-electron chi connectivity index (χ2n) is 10.3. The topological polar surface area (TPSA) is 24.9 Å². The minimum absolute atomic E-state index is 0.265. The third-order valence-corrected chi connectivity index (χ3v) is 8.24. The van der Waals surface area contributed by atoms with E-state index in [1.807, 2.05) is 6.07 Å². The van der Waals surface area contributed by atoms with Crippen LogP contribution in [0.2, 0.25) is 0 Å². The van der Waals surface area contributed by atoms with Crippen molar-refractivity contribution in [1.82, 2.24) is 0 Å². The molecule has 0 amide bonds. The van der Waals surface area contributed by atoms with E-state index in [0.29, 0.717) is 0 Å². The summed E-state index contributed by atoms with van der Waals surface area (Å²) >= 11 is 7.16. The lowest BCUT2D eigenvalue weighted by Gasteiger charge is -2.31. The quantitative estimate of drug-likeness (QED) is 0.214. The van der Waals surface area contributed by atoms with Crippen molar-refractivity contribution in [3.63, 3.8) is 0 Å². The number of benzene rings is 4. The minimum atomic E-state index is 0.265. The van der Waals surface area contributed by atoms with Gasteiger partial charge in [-0.3, -0.25) is 0 Å². The third kappa shape index (κ3) is 7.35. The van der Waals surface area contributed by atoms with Crippen LogP contribution in [0.15, 0.2) is 106 Å². The van der Waals surface area contributed by atoms with Gasteiger partial charge in [0.2, 0.25) is 0 Å². The van der Waals surface area contributed by atoms with Gasteiger partial charge in [-0.1, -0.05) is 74.3 Å². The van der Waals surface area contributed by atoms with Gasteiger partial charge in [0, 0.05) is 57.6 Å². The molecule has 0 fully saturated rings. The number of nitrogens with zero attached hydrogens (tertiary/aromatic N) is 2. The zero-order valence-corrected chi connectivity index (χ0v) is 26.3. The maximum atomic E-state index is 5.87. The lowest BCUT2D eigenvalue weighted by atomic mass is 10.0. The average Bonchev–Trinajstić information content (AvgIpc) is 2.94. The number of halogens is 2. The van der Waals surface area contributed by atoms with E-state index in [1.54, 1.807) is 0 Å². The SMILES string of the molecule is CC1Cc2cc(Br)ccc2N(c2ccccc2)CCO1.CC1Cc2ccc(Br)cc2N(c2ccccc2)CCO1. The Bertz CT molecular complexity index is 1380. The van der Waals surface area contributed by atoms with E-state index in [1.165, 1.54) is 33.9 Å². The number of fused-ring (bicyclic) bond motifs is 2. The molecule has 0 spiro atoms. The van der Waals surface area contributed by atoms with Crippen LogP contribution in [0, 0.1) is 0 Å². The summed E-state index contributed by atoms with van der Waals surface area (Å²) < 4.78 is 14.0. The Balaban J connectivity index is 0.000000161. The molecule has 0 aliphatic carbocycles. The summed E-state index contributed by atoms with van der Waals surface area (Å²) in [6.45, 7) is 7.54. The van der Waals surface area contributed by atoms with Crippen molar-refractivity contribution < 1.29 is 9.47 Å². The molecule has 40 heavy (non-hydrogen) atoms. The van der Waals surface area contributed by atoms with Gasteiger partial charge in [0.25, 0.3) is 0 Å².